The van der Waals surface area contributed by atoms with Gasteiger partial charge < -0.3 is 15.6 Å². The van der Waals surface area contributed by atoms with Crippen molar-refractivity contribution in [1.29, 1.82) is 0 Å². The van der Waals surface area contributed by atoms with Crippen LogP contribution in [0.15, 0.2) is 24.3 Å². The van der Waals surface area contributed by atoms with Crippen LogP contribution >= 0.6 is 0 Å². The van der Waals surface area contributed by atoms with Gasteiger partial charge in [-0.15, -0.1) is 0 Å². The molecule has 3 atom stereocenters. The van der Waals surface area contributed by atoms with Gasteiger partial charge in [0.15, 0.2) is 0 Å². The topological polar surface area (TPSA) is 58.7 Å². The van der Waals surface area contributed by atoms with E-state index in [-0.39, 0.29) is 0 Å². The Kier molecular flexibility index (Phi) is 5.40. The van der Waals surface area contributed by atoms with Crippen LogP contribution in [0.4, 0.5) is 0 Å². The maximum Gasteiger partial charge on any atom is 0.119 e. The molecule has 2 rings (SSSR count). The molecule has 0 amide bonds. The minimum atomic E-state index is -0.500. The highest BCUT2D eigenvalue weighted by Gasteiger charge is 2.28. The number of methoxy groups -OCH3 is 1. The van der Waals surface area contributed by atoms with Crippen molar-refractivity contribution in [3.05, 3.63) is 29.8 Å². The van der Waals surface area contributed by atoms with Crippen LogP contribution in [-0.4, -0.2) is 42.3 Å². The van der Waals surface area contributed by atoms with E-state index in [0.717, 1.165) is 17.7 Å². The highest BCUT2D eigenvalue weighted by molar-refractivity contribution is 5.30. The summed E-state index contributed by atoms with van der Waals surface area (Å²) in [6.45, 7) is 3.52. The van der Waals surface area contributed by atoms with Gasteiger partial charge in [-0.3, -0.25) is 4.90 Å². The largest absolute Gasteiger partial charge is 0.497 e. The van der Waals surface area contributed by atoms with Crippen LogP contribution in [0, 0.1) is 0 Å². The quantitative estimate of drug-likeness (QED) is 0.864. The lowest BCUT2D eigenvalue weighted by Gasteiger charge is -2.41. The average molecular weight is 278 g/mol. The number of hydrogen-bond acceptors (Lipinski definition) is 4. The molecule has 3 unspecified atom stereocenters. The van der Waals surface area contributed by atoms with Gasteiger partial charge >= 0.3 is 0 Å². The Hall–Kier alpha value is -1.10. The molecule has 1 aliphatic rings. The molecule has 1 saturated heterocycles. The maximum absolute atomic E-state index is 10.5. The predicted octanol–water partition coefficient (Wildman–Crippen LogP) is 1.93. The highest BCUT2D eigenvalue weighted by atomic mass is 16.5. The standard InChI is InChI=1S/C16H26N2O2/c1-12-5-3-7-14(10-17)18(12)11-16(19)13-6-4-8-15(9-13)20-2/h4,6,8-9,12,14,16,19H,3,5,7,10-11,17H2,1-2H3. The number of ether oxygens (including phenoxy) is 1. The fraction of sp³-hybridized carbons (Fsp3) is 0.625. The number of aliphatic hydroxyl groups is 1. The third-order valence-electron chi connectivity index (χ3n) is 4.33. The van der Waals surface area contributed by atoms with Crippen molar-refractivity contribution in [2.24, 2.45) is 5.73 Å². The Balaban J connectivity index is 2.06. The van der Waals surface area contributed by atoms with E-state index in [1.165, 1.54) is 12.8 Å². The van der Waals surface area contributed by atoms with E-state index in [0.29, 0.717) is 25.2 Å². The third kappa shape index (κ3) is 3.51. The maximum atomic E-state index is 10.5. The van der Waals surface area contributed by atoms with Gasteiger partial charge in [-0.1, -0.05) is 18.6 Å². The molecule has 1 aromatic rings. The third-order valence-corrected chi connectivity index (χ3v) is 4.33. The van der Waals surface area contributed by atoms with Gasteiger partial charge in [0.1, 0.15) is 5.75 Å². The van der Waals surface area contributed by atoms with E-state index < -0.39 is 6.10 Å². The summed E-state index contributed by atoms with van der Waals surface area (Å²) in [5.41, 5.74) is 6.77. The molecule has 1 heterocycles. The van der Waals surface area contributed by atoms with E-state index in [1.807, 2.05) is 24.3 Å². The van der Waals surface area contributed by atoms with Gasteiger partial charge in [-0.05, 0) is 37.5 Å². The summed E-state index contributed by atoms with van der Waals surface area (Å²) in [4.78, 5) is 2.35. The molecule has 1 aliphatic heterocycles. The van der Waals surface area contributed by atoms with Gasteiger partial charge in [-0.2, -0.15) is 0 Å². The van der Waals surface area contributed by atoms with E-state index in [4.69, 9.17) is 10.5 Å². The molecule has 1 fully saturated rings. The van der Waals surface area contributed by atoms with Crippen molar-refractivity contribution in [1.82, 2.24) is 4.90 Å². The second-order valence-electron chi connectivity index (χ2n) is 5.66. The number of β-amino-alcohol motifs (C(OH)–C–C–N with tert-alkyl or cyclic N) is 1. The normalized spacial score (nSPS) is 25.4. The fourth-order valence-electron chi connectivity index (χ4n) is 3.08. The smallest absolute Gasteiger partial charge is 0.119 e. The van der Waals surface area contributed by atoms with Crippen LogP contribution in [0.1, 0.15) is 37.9 Å². The summed E-state index contributed by atoms with van der Waals surface area (Å²) in [6.07, 6.45) is 3.04. The molecule has 20 heavy (non-hydrogen) atoms. The minimum Gasteiger partial charge on any atom is -0.497 e. The molecule has 0 aliphatic carbocycles. The van der Waals surface area contributed by atoms with Crippen molar-refractivity contribution in [2.75, 3.05) is 20.2 Å². The Morgan fingerprint density at radius 3 is 2.95 bits per heavy atom. The zero-order chi connectivity index (χ0) is 14.5. The lowest BCUT2D eigenvalue weighted by Crippen LogP contribution is -2.50. The second kappa shape index (κ2) is 7.07. The van der Waals surface area contributed by atoms with E-state index in [1.54, 1.807) is 7.11 Å². The van der Waals surface area contributed by atoms with Gasteiger partial charge in [0, 0.05) is 25.2 Å². The number of nitrogens with two attached hydrogens (primary N) is 1. The summed E-state index contributed by atoms with van der Waals surface area (Å²) in [5, 5.41) is 10.5. The van der Waals surface area contributed by atoms with Crippen LogP contribution in [0.3, 0.4) is 0 Å². The van der Waals surface area contributed by atoms with Crippen LogP contribution in [0.2, 0.25) is 0 Å². The first-order valence-corrected chi connectivity index (χ1v) is 7.43. The molecule has 1 aromatic carbocycles. The molecular formula is C16H26N2O2. The Labute approximate surface area is 121 Å². The first-order chi connectivity index (χ1) is 9.65. The van der Waals surface area contributed by atoms with Crippen molar-refractivity contribution < 1.29 is 9.84 Å². The molecule has 4 nitrogen and oxygen atoms in total. The van der Waals surface area contributed by atoms with Crippen LogP contribution in [0.5, 0.6) is 5.75 Å². The number of benzene rings is 1. The van der Waals surface area contributed by atoms with Crippen molar-refractivity contribution in [3.63, 3.8) is 0 Å². The molecule has 0 bridgehead atoms. The van der Waals surface area contributed by atoms with Crippen molar-refractivity contribution >= 4 is 0 Å². The molecule has 0 aromatic heterocycles. The number of rotatable bonds is 5. The number of piperidine rings is 1. The minimum absolute atomic E-state index is 0.388. The van der Waals surface area contributed by atoms with Crippen molar-refractivity contribution in [3.8, 4) is 5.75 Å². The second-order valence-corrected chi connectivity index (χ2v) is 5.66. The van der Waals surface area contributed by atoms with Gasteiger partial charge in [0.2, 0.25) is 0 Å². The predicted molar refractivity (Wildman–Crippen MR) is 80.8 cm³/mol. The number of hydrogen-bond donors (Lipinski definition) is 2. The fourth-order valence-corrected chi connectivity index (χ4v) is 3.08. The Morgan fingerprint density at radius 2 is 2.25 bits per heavy atom. The monoisotopic (exact) mass is 278 g/mol. The number of likely N-dealkylation sites (tertiary alicyclic amines) is 1. The van der Waals surface area contributed by atoms with Crippen LogP contribution in [0.25, 0.3) is 0 Å². The van der Waals surface area contributed by atoms with E-state index in [2.05, 4.69) is 11.8 Å². The Bertz CT molecular complexity index is 425. The van der Waals surface area contributed by atoms with Gasteiger partial charge in [-0.25, -0.2) is 0 Å². The van der Waals surface area contributed by atoms with E-state index >= 15 is 0 Å². The zero-order valence-electron chi connectivity index (χ0n) is 12.5. The first kappa shape index (κ1) is 15.3. The van der Waals surface area contributed by atoms with Crippen molar-refractivity contribution in [2.45, 2.75) is 44.4 Å². The summed E-state index contributed by atoms with van der Waals surface area (Å²) >= 11 is 0. The molecular weight excluding hydrogens is 252 g/mol. The molecule has 0 saturated carbocycles. The average Bonchev–Trinajstić information content (AvgIpc) is 2.49. The lowest BCUT2D eigenvalue weighted by molar-refractivity contribution is 0.0376. The molecule has 3 N–H and O–H groups in total. The first-order valence-electron chi connectivity index (χ1n) is 7.43. The molecule has 0 radical (unpaired) electrons. The van der Waals surface area contributed by atoms with Gasteiger partial charge in [0.05, 0.1) is 13.2 Å². The molecule has 4 heteroatoms. The van der Waals surface area contributed by atoms with Crippen LogP contribution in [-0.2, 0) is 0 Å². The Morgan fingerprint density at radius 1 is 1.45 bits per heavy atom. The molecule has 112 valence electrons. The number of nitrogens with zero attached hydrogens (tertiary/aromatic N) is 1. The summed E-state index contributed by atoms with van der Waals surface area (Å²) in [7, 11) is 1.64. The molecule has 0 spiro atoms. The summed E-state index contributed by atoms with van der Waals surface area (Å²) in [5.74, 6) is 0.781. The summed E-state index contributed by atoms with van der Waals surface area (Å²) < 4.78 is 5.21. The van der Waals surface area contributed by atoms with Crippen LogP contribution < -0.4 is 10.5 Å². The van der Waals surface area contributed by atoms with Gasteiger partial charge in [0.25, 0.3) is 0 Å². The number of aliphatic hydroxyl groups excluding tert-OH is 1. The highest BCUT2D eigenvalue weighted by Crippen LogP contribution is 2.26. The van der Waals surface area contributed by atoms with E-state index in [9.17, 15) is 5.11 Å². The lowest BCUT2D eigenvalue weighted by atomic mass is 9.95. The zero-order valence-corrected chi connectivity index (χ0v) is 12.5. The summed E-state index contributed by atoms with van der Waals surface area (Å²) in [6, 6.07) is 8.52. The SMILES string of the molecule is COc1cccc(C(O)CN2C(C)CCCC2CN)c1.